The van der Waals surface area contributed by atoms with Crippen LogP contribution in [0.2, 0.25) is 0 Å². The minimum atomic E-state index is -0.476. The maximum Gasteiger partial charge on any atom is 0.332 e. The number of aromatic nitrogens is 2. The quantitative estimate of drug-likeness (QED) is 0.618. The summed E-state index contributed by atoms with van der Waals surface area (Å²) in [6.07, 6.45) is 5.47. The molecular formula is C25H30N2O3. The molecule has 0 aliphatic heterocycles. The SMILES string of the molecule is CC.COc1c(/C=C/c2ccccc2)cc(-n2ccc(=O)[nH]c2=O)cc1C(C)(C)C. The van der Waals surface area contributed by atoms with Crippen molar-refractivity contribution in [3.63, 3.8) is 0 Å². The Labute approximate surface area is 177 Å². The third-order valence-corrected chi connectivity index (χ3v) is 4.47. The van der Waals surface area contributed by atoms with Crippen LogP contribution in [0.3, 0.4) is 0 Å². The molecule has 1 heterocycles. The van der Waals surface area contributed by atoms with Crippen molar-refractivity contribution in [1.29, 1.82) is 0 Å². The zero-order chi connectivity index (χ0) is 22.3. The fourth-order valence-electron chi connectivity index (χ4n) is 3.05. The highest BCUT2D eigenvalue weighted by molar-refractivity contribution is 5.75. The van der Waals surface area contributed by atoms with Gasteiger partial charge >= 0.3 is 5.69 Å². The van der Waals surface area contributed by atoms with E-state index in [1.165, 1.54) is 16.8 Å². The Bertz CT molecular complexity index is 1120. The van der Waals surface area contributed by atoms with E-state index in [-0.39, 0.29) is 5.41 Å². The van der Waals surface area contributed by atoms with Crippen molar-refractivity contribution in [2.45, 2.75) is 40.0 Å². The van der Waals surface area contributed by atoms with Crippen molar-refractivity contribution in [3.05, 3.63) is 92.3 Å². The molecule has 0 saturated heterocycles. The van der Waals surface area contributed by atoms with Gasteiger partial charge in [-0.25, -0.2) is 4.79 Å². The lowest BCUT2D eigenvalue weighted by atomic mass is 9.84. The van der Waals surface area contributed by atoms with E-state index >= 15 is 0 Å². The van der Waals surface area contributed by atoms with E-state index in [1.807, 2.05) is 68.5 Å². The molecule has 0 unspecified atom stereocenters. The lowest BCUT2D eigenvalue weighted by Crippen LogP contribution is -2.28. The fourth-order valence-corrected chi connectivity index (χ4v) is 3.05. The summed E-state index contributed by atoms with van der Waals surface area (Å²) in [5, 5.41) is 0. The van der Waals surface area contributed by atoms with Crippen molar-refractivity contribution in [2.75, 3.05) is 7.11 Å². The van der Waals surface area contributed by atoms with E-state index in [9.17, 15) is 9.59 Å². The molecule has 0 aliphatic carbocycles. The van der Waals surface area contributed by atoms with E-state index in [2.05, 4.69) is 25.8 Å². The van der Waals surface area contributed by atoms with Gasteiger partial charge in [-0.2, -0.15) is 0 Å². The molecule has 2 aromatic carbocycles. The van der Waals surface area contributed by atoms with E-state index in [0.717, 1.165) is 22.4 Å². The number of benzene rings is 2. The Balaban J connectivity index is 0.00000155. The van der Waals surface area contributed by atoms with E-state index in [4.69, 9.17) is 4.74 Å². The highest BCUT2D eigenvalue weighted by atomic mass is 16.5. The highest BCUT2D eigenvalue weighted by Gasteiger charge is 2.22. The summed E-state index contributed by atoms with van der Waals surface area (Å²) in [4.78, 5) is 26.0. The normalized spacial score (nSPS) is 11.1. The molecule has 3 aromatic rings. The van der Waals surface area contributed by atoms with Gasteiger partial charge in [0.05, 0.1) is 12.8 Å². The van der Waals surface area contributed by atoms with Gasteiger partial charge in [0.2, 0.25) is 0 Å². The number of hydrogen-bond acceptors (Lipinski definition) is 3. The molecule has 0 bridgehead atoms. The third kappa shape index (κ3) is 5.38. The van der Waals surface area contributed by atoms with Gasteiger partial charge in [-0.05, 0) is 23.1 Å². The first-order valence-electron chi connectivity index (χ1n) is 10.1. The number of H-pyrrole nitrogens is 1. The zero-order valence-electron chi connectivity index (χ0n) is 18.5. The van der Waals surface area contributed by atoms with Gasteiger partial charge in [-0.3, -0.25) is 14.3 Å². The van der Waals surface area contributed by atoms with E-state index in [0.29, 0.717) is 5.69 Å². The van der Waals surface area contributed by atoms with E-state index < -0.39 is 11.2 Å². The Hall–Kier alpha value is -3.34. The third-order valence-electron chi connectivity index (χ3n) is 4.47. The Morgan fingerprint density at radius 3 is 2.20 bits per heavy atom. The lowest BCUT2D eigenvalue weighted by Gasteiger charge is -2.25. The Morgan fingerprint density at radius 2 is 1.63 bits per heavy atom. The first kappa shape index (κ1) is 22.9. The molecular weight excluding hydrogens is 376 g/mol. The predicted octanol–water partition coefficient (Wildman–Crippen LogP) is 5.03. The number of nitrogens with one attached hydrogen (secondary N) is 1. The summed E-state index contributed by atoms with van der Waals surface area (Å²) in [6, 6.07) is 15.1. The maximum atomic E-state index is 12.3. The molecule has 5 heteroatoms. The molecule has 5 nitrogen and oxygen atoms in total. The molecule has 1 N–H and O–H groups in total. The molecule has 0 atom stereocenters. The molecule has 0 fully saturated rings. The minimum absolute atomic E-state index is 0.206. The monoisotopic (exact) mass is 406 g/mol. The van der Waals surface area contributed by atoms with Crippen LogP contribution < -0.4 is 16.0 Å². The van der Waals surface area contributed by atoms with Gasteiger partial charge < -0.3 is 4.74 Å². The summed E-state index contributed by atoms with van der Waals surface area (Å²) in [5.74, 6) is 0.765. The van der Waals surface area contributed by atoms with Gasteiger partial charge in [0.25, 0.3) is 5.56 Å². The van der Waals surface area contributed by atoms with Crippen LogP contribution in [0.25, 0.3) is 17.8 Å². The first-order chi connectivity index (χ1) is 14.3. The predicted molar refractivity (Wildman–Crippen MR) is 125 cm³/mol. The van der Waals surface area contributed by atoms with Crippen LogP contribution in [0, 0.1) is 0 Å². The van der Waals surface area contributed by atoms with Gasteiger partial charge in [0.1, 0.15) is 5.75 Å². The van der Waals surface area contributed by atoms with Crippen molar-refractivity contribution in [3.8, 4) is 11.4 Å². The van der Waals surface area contributed by atoms with Crippen LogP contribution >= 0.6 is 0 Å². The summed E-state index contributed by atoms with van der Waals surface area (Å²) >= 11 is 0. The second kappa shape index (κ2) is 9.92. The fraction of sp³-hybridized carbons (Fsp3) is 0.280. The average molecular weight is 407 g/mol. The Morgan fingerprint density at radius 1 is 0.967 bits per heavy atom. The molecule has 0 spiro atoms. The molecule has 3 rings (SSSR count). The number of aromatic amines is 1. The largest absolute Gasteiger partial charge is 0.496 e. The van der Waals surface area contributed by atoms with Crippen LogP contribution in [0.4, 0.5) is 0 Å². The maximum absolute atomic E-state index is 12.3. The number of hydrogen-bond donors (Lipinski definition) is 1. The second-order valence-electron chi connectivity index (χ2n) is 7.59. The standard InChI is InChI=1S/C23H24N2O3.C2H6/c1-23(2,3)19-15-18(25-13-12-20(26)24-22(25)27)14-17(21(19)28-4)11-10-16-8-6-5-7-9-16;1-2/h5-15H,1-4H3,(H,24,26,27);1-2H3/b11-10+;. The number of rotatable bonds is 4. The van der Waals surface area contributed by atoms with Crippen molar-refractivity contribution < 1.29 is 4.74 Å². The molecule has 0 saturated carbocycles. The average Bonchev–Trinajstić information content (AvgIpc) is 2.73. The number of nitrogens with zero attached hydrogens (tertiary/aromatic N) is 1. The van der Waals surface area contributed by atoms with Gasteiger partial charge in [0.15, 0.2) is 0 Å². The van der Waals surface area contributed by atoms with Crippen molar-refractivity contribution in [1.82, 2.24) is 9.55 Å². The van der Waals surface area contributed by atoms with Crippen LogP contribution in [0.15, 0.2) is 64.3 Å². The molecule has 30 heavy (non-hydrogen) atoms. The van der Waals surface area contributed by atoms with Crippen molar-refractivity contribution in [2.24, 2.45) is 0 Å². The second-order valence-corrected chi connectivity index (χ2v) is 7.59. The molecule has 1 aromatic heterocycles. The van der Waals surface area contributed by atoms with Crippen LogP contribution in [-0.4, -0.2) is 16.7 Å². The van der Waals surface area contributed by atoms with Gasteiger partial charge in [0, 0.05) is 23.4 Å². The summed E-state index contributed by atoms with van der Waals surface area (Å²) in [5.41, 5.74) is 2.45. The van der Waals surface area contributed by atoms with Gasteiger partial charge in [-0.1, -0.05) is 77.1 Å². The molecule has 0 aliphatic rings. The highest BCUT2D eigenvalue weighted by Crippen LogP contribution is 2.37. The van der Waals surface area contributed by atoms with Crippen molar-refractivity contribution >= 4 is 12.2 Å². The topological polar surface area (TPSA) is 64.1 Å². The lowest BCUT2D eigenvalue weighted by molar-refractivity contribution is 0.396. The van der Waals surface area contributed by atoms with E-state index in [1.54, 1.807) is 7.11 Å². The molecule has 0 radical (unpaired) electrons. The van der Waals surface area contributed by atoms with Crippen LogP contribution in [-0.2, 0) is 5.41 Å². The summed E-state index contributed by atoms with van der Waals surface area (Å²) < 4.78 is 7.16. The van der Waals surface area contributed by atoms with Gasteiger partial charge in [-0.15, -0.1) is 0 Å². The summed E-state index contributed by atoms with van der Waals surface area (Å²) in [6.45, 7) is 10.3. The van der Waals surface area contributed by atoms with Crippen LogP contribution in [0.1, 0.15) is 51.3 Å². The first-order valence-corrected chi connectivity index (χ1v) is 10.1. The Kier molecular flexibility index (Phi) is 7.59. The molecule has 158 valence electrons. The zero-order valence-corrected chi connectivity index (χ0v) is 18.5. The smallest absolute Gasteiger partial charge is 0.332 e. The van der Waals surface area contributed by atoms with Crippen LogP contribution in [0.5, 0.6) is 5.75 Å². The minimum Gasteiger partial charge on any atom is -0.496 e. The number of ether oxygens (including phenoxy) is 1. The number of methoxy groups -OCH3 is 1. The summed E-state index contributed by atoms with van der Waals surface area (Å²) in [7, 11) is 1.65. The molecule has 0 amide bonds.